The number of carbonyl (C=O) groups excluding carboxylic acids is 2. The third-order valence-corrected chi connectivity index (χ3v) is 21.2. The molecule has 5 saturated heterocycles. The van der Waals surface area contributed by atoms with E-state index in [1.807, 2.05) is 39.0 Å². The van der Waals surface area contributed by atoms with Gasteiger partial charge in [-0.15, -0.1) is 0 Å². The minimum absolute atomic E-state index is 0.0199. The van der Waals surface area contributed by atoms with Crippen LogP contribution in [0.25, 0.3) is 0 Å². The van der Waals surface area contributed by atoms with Crippen LogP contribution in [0, 0.1) is 45.3 Å². The maximum atomic E-state index is 14.7. The standard InChI is InChI=1S/C56H86O28S2/c1-25(2)12-11-17-55(9)46-32(78-27(4)57)20-54(8)30-13-14-34-52(5,6)35(16-18-53(34,7)29(30)15-19-56(46,54)51(65)84-55)80-50-45(36(59)28(21-73-50)22-75-85(66,67)68)83-48-39(62)38(61)42(26(3)77-48)81-47-40(63)43(31(58)23-74-47)82-49-41(64)44(72-10)37(60)33(79-49)24-76-86(69,70)71/h11-13,17,26,28-29,31-50,58-64H,14-16,18-24H2,1-10H3,(H,66,67,68)(H,69,70,71)/b17-11+/t26-,28+,29-,31-,32+,33-,34+,35+,36+,37-,38-,39-,40-,41-,42-,43+,44+,45-,46-,47+,48+,49+,50+,53-,54+,55+,56?/m1/s1. The van der Waals surface area contributed by atoms with Crippen molar-refractivity contribution in [3.8, 4) is 0 Å². The van der Waals surface area contributed by atoms with E-state index in [4.69, 9.17) is 56.7 Å². The number of esters is 2. The summed E-state index contributed by atoms with van der Waals surface area (Å²) in [5.41, 5.74) is -1.46. The summed E-state index contributed by atoms with van der Waals surface area (Å²) < 4.78 is 140. The maximum absolute atomic E-state index is 14.7. The number of aliphatic hydroxyl groups is 7. The van der Waals surface area contributed by atoms with Gasteiger partial charge in [0, 0.05) is 25.4 Å². The first kappa shape index (κ1) is 67.6. The number of cyclic esters (lactones) is 1. The third kappa shape index (κ3) is 12.5. The molecule has 30 heteroatoms. The molecule has 0 aromatic heterocycles. The lowest BCUT2D eigenvalue weighted by Crippen LogP contribution is -2.65. The summed E-state index contributed by atoms with van der Waals surface area (Å²) >= 11 is 0. The van der Waals surface area contributed by atoms with E-state index in [9.17, 15) is 66.7 Å². The van der Waals surface area contributed by atoms with Gasteiger partial charge in [-0.1, -0.05) is 57.1 Å². The average molecular weight is 1270 g/mol. The number of carbonyl (C=O) groups is 2. The Morgan fingerprint density at radius 3 is 2.00 bits per heavy atom. The van der Waals surface area contributed by atoms with Crippen molar-refractivity contribution in [2.75, 3.05) is 33.5 Å². The topological polar surface area (TPSA) is 404 Å². The van der Waals surface area contributed by atoms with Crippen molar-refractivity contribution in [2.24, 2.45) is 45.3 Å². The van der Waals surface area contributed by atoms with Gasteiger partial charge in [0.2, 0.25) is 0 Å². The molecule has 27 atom stereocenters. The Kier molecular flexibility index (Phi) is 19.7. The summed E-state index contributed by atoms with van der Waals surface area (Å²) in [6, 6.07) is 0. The minimum Gasteiger partial charge on any atom is -0.462 e. The molecule has 490 valence electrons. The van der Waals surface area contributed by atoms with Crippen molar-refractivity contribution in [1.82, 2.24) is 0 Å². The number of ether oxygens (including phenoxy) is 11. The van der Waals surface area contributed by atoms with Gasteiger partial charge in [0.15, 0.2) is 25.2 Å². The highest BCUT2D eigenvalue weighted by Gasteiger charge is 2.79. The van der Waals surface area contributed by atoms with Crippen LogP contribution >= 0.6 is 0 Å². The average Bonchev–Trinajstić information content (AvgIpc) is 1.46. The van der Waals surface area contributed by atoms with Gasteiger partial charge in [0.25, 0.3) is 0 Å². The van der Waals surface area contributed by atoms with Gasteiger partial charge in [0.1, 0.15) is 78.8 Å². The molecular weight excluding hydrogens is 1180 g/mol. The summed E-state index contributed by atoms with van der Waals surface area (Å²) in [7, 11) is -8.90. The molecule has 4 aliphatic carbocycles. The predicted octanol–water partition coefficient (Wildman–Crippen LogP) is 0.471. The molecule has 1 unspecified atom stereocenters. The Morgan fingerprint density at radius 1 is 0.721 bits per heavy atom. The summed E-state index contributed by atoms with van der Waals surface area (Å²) in [5.74, 6) is -2.35. The highest BCUT2D eigenvalue weighted by atomic mass is 32.3. The smallest absolute Gasteiger partial charge is 0.397 e. The van der Waals surface area contributed by atoms with E-state index in [0.717, 1.165) is 18.3 Å². The lowest BCUT2D eigenvalue weighted by atomic mass is 9.41. The van der Waals surface area contributed by atoms with Crippen LogP contribution in [0.15, 0.2) is 35.5 Å². The zero-order valence-corrected chi connectivity index (χ0v) is 51.4. The fraction of sp³-hybridized carbons (Fsp3) is 0.857. The highest BCUT2D eigenvalue weighted by molar-refractivity contribution is 7.81. The normalized spacial score (nSPS) is 47.6. The molecule has 8 fully saturated rings. The van der Waals surface area contributed by atoms with Crippen LogP contribution < -0.4 is 0 Å². The van der Waals surface area contributed by atoms with Crippen LogP contribution in [0.2, 0.25) is 0 Å². The second kappa shape index (κ2) is 25.0. The molecule has 0 amide bonds. The molecule has 0 aromatic rings. The van der Waals surface area contributed by atoms with Crippen LogP contribution in [0.4, 0.5) is 0 Å². The first-order valence-corrected chi connectivity index (χ1v) is 31.9. The van der Waals surface area contributed by atoms with E-state index >= 15 is 0 Å². The van der Waals surface area contributed by atoms with E-state index in [-0.39, 0.29) is 29.8 Å². The molecule has 0 aromatic carbocycles. The Morgan fingerprint density at radius 2 is 1.35 bits per heavy atom. The van der Waals surface area contributed by atoms with Crippen molar-refractivity contribution in [3.63, 3.8) is 0 Å². The first-order valence-electron chi connectivity index (χ1n) is 29.1. The van der Waals surface area contributed by atoms with Crippen molar-refractivity contribution >= 4 is 32.7 Å². The fourth-order valence-electron chi connectivity index (χ4n) is 16.2. The predicted molar refractivity (Wildman–Crippen MR) is 291 cm³/mol. The van der Waals surface area contributed by atoms with Crippen molar-refractivity contribution in [1.29, 1.82) is 0 Å². The number of fused-ring (bicyclic) bond motifs is 4. The van der Waals surface area contributed by atoms with Gasteiger partial charge in [-0.05, 0) is 95.0 Å². The van der Waals surface area contributed by atoms with Crippen LogP contribution in [-0.4, -0.2) is 229 Å². The van der Waals surface area contributed by atoms with Crippen LogP contribution in [-0.2, 0) is 90.9 Å². The van der Waals surface area contributed by atoms with Gasteiger partial charge < -0.3 is 87.9 Å². The highest BCUT2D eigenvalue weighted by Crippen LogP contribution is 2.76. The molecule has 5 aliphatic heterocycles. The molecular formula is C56H86O28S2. The Labute approximate surface area is 500 Å². The molecule has 28 nitrogen and oxygen atoms in total. The van der Waals surface area contributed by atoms with Crippen molar-refractivity contribution < 1.29 is 132 Å². The lowest BCUT2D eigenvalue weighted by Gasteiger charge is -2.63. The van der Waals surface area contributed by atoms with Gasteiger partial charge in [-0.25, -0.2) is 8.37 Å². The number of hydrogen-bond acceptors (Lipinski definition) is 26. The van der Waals surface area contributed by atoms with E-state index in [1.54, 1.807) is 0 Å². The Balaban J connectivity index is 0.906. The Hall–Kier alpha value is -2.74. The third-order valence-electron chi connectivity index (χ3n) is 20.3. The van der Waals surface area contributed by atoms with Gasteiger partial charge in [-0.3, -0.25) is 18.7 Å². The van der Waals surface area contributed by atoms with Crippen LogP contribution in [0.1, 0.15) is 101 Å². The van der Waals surface area contributed by atoms with Crippen LogP contribution in [0.5, 0.6) is 0 Å². The second-order valence-corrected chi connectivity index (χ2v) is 28.4. The van der Waals surface area contributed by atoms with E-state index in [2.05, 4.69) is 42.1 Å². The number of methoxy groups -OCH3 is 1. The van der Waals surface area contributed by atoms with Crippen molar-refractivity contribution in [2.45, 2.75) is 223 Å². The summed E-state index contributed by atoms with van der Waals surface area (Å²) in [6.45, 7) is 14.6. The first-order chi connectivity index (χ1) is 40.0. The molecule has 1 spiro atoms. The zero-order valence-electron chi connectivity index (χ0n) is 49.8. The molecule has 5 heterocycles. The number of rotatable bonds is 18. The second-order valence-electron chi connectivity index (χ2n) is 26.2. The van der Waals surface area contributed by atoms with Gasteiger partial charge in [-0.2, -0.15) is 16.8 Å². The quantitative estimate of drug-likeness (QED) is 0.0390. The van der Waals surface area contributed by atoms with Gasteiger partial charge in [0.05, 0.1) is 56.1 Å². The summed E-state index contributed by atoms with van der Waals surface area (Å²) in [4.78, 5) is 27.4. The molecule has 9 aliphatic rings. The number of allylic oxidation sites excluding steroid dienone is 5. The molecule has 3 saturated carbocycles. The minimum atomic E-state index is -5.02. The van der Waals surface area contributed by atoms with Gasteiger partial charge >= 0.3 is 32.7 Å². The Bertz CT molecular complexity index is 2790. The van der Waals surface area contributed by atoms with E-state index < -0.39 is 197 Å². The monoisotopic (exact) mass is 1270 g/mol. The van der Waals surface area contributed by atoms with E-state index in [1.165, 1.54) is 13.8 Å². The number of hydrogen-bond donors (Lipinski definition) is 9. The SMILES string of the molecule is CO[C@@H]1[C@@H](O)[C@H](O[C@@H]2[C@@H](O)[C@H](O[C@H]3[C@H](O)[C@@H](O)[C@H](O[C@H]4[C@H](O[C@H]5CC[C@]6(C)[C@@H]7CCC89C(=O)O[C@@](C)(/C=C/C=C(C)C)[C@H]8[C@@H](OC(C)=O)C[C@@]9(C)C7=CC[C@H]6C5(C)C)OC[C@@H](COS(=O)(=O)O)[C@@H]4O)O[C@@H]3C)OC[C@H]2O)O[C@H](COS(=O)(=O)O)[C@H]1O. The largest absolute Gasteiger partial charge is 0.462 e. The zero-order chi connectivity index (χ0) is 63.2. The molecule has 86 heavy (non-hydrogen) atoms. The maximum Gasteiger partial charge on any atom is 0.397 e. The van der Waals surface area contributed by atoms with Crippen molar-refractivity contribution in [3.05, 3.63) is 35.5 Å². The summed E-state index contributed by atoms with van der Waals surface area (Å²) in [6.07, 6.45) is -18.4. The molecule has 9 N–H and O–H groups in total. The summed E-state index contributed by atoms with van der Waals surface area (Å²) in [5, 5.41) is 79.4. The molecule has 0 bridgehead atoms. The fourth-order valence-corrected chi connectivity index (χ4v) is 16.9. The number of aliphatic hydroxyl groups excluding tert-OH is 7. The molecule has 0 radical (unpaired) electrons. The van der Waals surface area contributed by atoms with Crippen LogP contribution in [0.3, 0.4) is 0 Å². The lowest BCUT2D eigenvalue weighted by molar-refractivity contribution is -0.381. The molecule has 9 rings (SSSR count). The van der Waals surface area contributed by atoms with E-state index in [0.29, 0.717) is 38.5 Å².